The van der Waals surface area contributed by atoms with Crippen LogP contribution in [0.1, 0.15) is 70.5 Å². The van der Waals surface area contributed by atoms with E-state index in [1.54, 1.807) is 6.92 Å². The topological polar surface area (TPSA) is 88.2 Å². The standard InChI is InChI=1S/C16H27N3O3/c1-11(2)16(3,21)10-17-13(20)8-9-14-18-15(19-22-14)12-6-4-5-7-12/h11-12,21H,4-10H2,1-3H3,(H,17,20). The molecule has 1 fully saturated rings. The second-order valence-electron chi connectivity index (χ2n) is 6.82. The molecule has 0 aromatic carbocycles. The molecule has 6 nitrogen and oxygen atoms in total. The van der Waals surface area contributed by atoms with Gasteiger partial charge in [0.15, 0.2) is 5.82 Å². The minimum atomic E-state index is -0.893. The van der Waals surface area contributed by atoms with Crippen LogP contribution >= 0.6 is 0 Å². The van der Waals surface area contributed by atoms with Gasteiger partial charge >= 0.3 is 0 Å². The van der Waals surface area contributed by atoms with Crippen molar-refractivity contribution in [2.45, 2.75) is 70.8 Å². The Morgan fingerprint density at radius 3 is 2.77 bits per heavy atom. The van der Waals surface area contributed by atoms with Gasteiger partial charge in [-0.05, 0) is 25.7 Å². The van der Waals surface area contributed by atoms with Gasteiger partial charge in [0.25, 0.3) is 0 Å². The Labute approximate surface area is 131 Å². The van der Waals surface area contributed by atoms with Crippen molar-refractivity contribution < 1.29 is 14.4 Å². The summed E-state index contributed by atoms with van der Waals surface area (Å²) in [5, 5.41) is 16.9. The molecule has 1 aliphatic rings. The number of aliphatic hydroxyl groups is 1. The first-order chi connectivity index (χ1) is 10.4. The summed E-state index contributed by atoms with van der Waals surface area (Å²) in [4.78, 5) is 16.2. The van der Waals surface area contributed by atoms with Crippen molar-refractivity contribution in [1.29, 1.82) is 0 Å². The summed E-state index contributed by atoms with van der Waals surface area (Å²) in [6.07, 6.45) is 5.45. The van der Waals surface area contributed by atoms with Crippen LogP contribution in [-0.2, 0) is 11.2 Å². The quantitative estimate of drug-likeness (QED) is 0.806. The van der Waals surface area contributed by atoms with Crippen molar-refractivity contribution in [2.75, 3.05) is 6.54 Å². The highest BCUT2D eigenvalue weighted by Gasteiger charge is 2.25. The van der Waals surface area contributed by atoms with E-state index in [9.17, 15) is 9.90 Å². The molecule has 0 radical (unpaired) electrons. The number of hydrogen-bond acceptors (Lipinski definition) is 5. The van der Waals surface area contributed by atoms with Crippen molar-refractivity contribution >= 4 is 5.91 Å². The van der Waals surface area contributed by atoms with Crippen LogP contribution in [0, 0.1) is 5.92 Å². The van der Waals surface area contributed by atoms with Crippen LogP contribution in [0.2, 0.25) is 0 Å². The Morgan fingerprint density at radius 1 is 1.45 bits per heavy atom. The van der Waals surface area contributed by atoms with Crippen LogP contribution < -0.4 is 5.32 Å². The number of carbonyl (C=O) groups is 1. The van der Waals surface area contributed by atoms with Crippen LogP contribution in [0.25, 0.3) is 0 Å². The zero-order valence-electron chi connectivity index (χ0n) is 13.8. The van der Waals surface area contributed by atoms with E-state index in [1.807, 2.05) is 13.8 Å². The van der Waals surface area contributed by atoms with E-state index in [0.717, 1.165) is 18.7 Å². The monoisotopic (exact) mass is 309 g/mol. The summed E-state index contributed by atoms with van der Waals surface area (Å²) in [6.45, 7) is 5.83. The van der Waals surface area contributed by atoms with E-state index in [-0.39, 0.29) is 18.4 Å². The second kappa shape index (κ2) is 7.22. The normalized spacial score (nSPS) is 18.6. The van der Waals surface area contributed by atoms with Crippen molar-refractivity contribution in [3.63, 3.8) is 0 Å². The van der Waals surface area contributed by atoms with Crippen molar-refractivity contribution in [3.8, 4) is 0 Å². The molecule has 0 spiro atoms. The third-order valence-electron chi connectivity index (χ3n) is 4.66. The molecule has 1 aromatic heterocycles. The number of nitrogens with one attached hydrogen (secondary N) is 1. The summed E-state index contributed by atoms with van der Waals surface area (Å²) in [5.41, 5.74) is -0.893. The Bertz CT molecular complexity index is 491. The maximum atomic E-state index is 11.8. The first kappa shape index (κ1) is 16.9. The lowest BCUT2D eigenvalue weighted by atomic mass is 9.92. The molecule has 1 amide bonds. The number of aromatic nitrogens is 2. The maximum absolute atomic E-state index is 11.8. The second-order valence-corrected chi connectivity index (χ2v) is 6.82. The van der Waals surface area contributed by atoms with Crippen molar-refractivity contribution in [2.24, 2.45) is 5.92 Å². The molecule has 1 unspecified atom stereocenters. The Morgan fingerprint density at radius 2 is 2.14 bits per heavy atom. The lowest BCUT2D eigenvalue weighted by Gasteiger charge is -2.27. The number of amides is 1. The van der Waals surface area contributed by atoms with E-state index in [0.29, 0.717) is 24.7 Å². The van der Waals surface area contributed by atoms with E-state index in [4.69, 9.17) is 4.52 Å². The van der Waals surface area contributed by atoms with Gasteiger partial charge in [-0.15, -0.1) is 0 Å². The zero-order valence-corrected chi connectivity index (χ0v) is 13.8. The molecular formula is C16H27N3O3. The van der Waals surface area contributed by atoms with Gasteiger partial charge in [-0.1, -0.05) is 31.8 Å². The molecule has 2 rings (SSSR count). The van der Waals surface area contributed by atoms with Crippen molar-refractivity contribution in [3.05, 3.63) is 11.7 Å². The van der Waals surface area contributed by atoms with E-state index in [1.165, 1.54) is 12.8 Å². The van der Waals surface area contributed by atoms with E-state index in [2.05, 4.69) is 15.5 Å². The molecule has 0 saturated heterocycles. The number of hydrogen-bond donors (Lipinski definition) is 2. The number of rotatable bonds is 7. The summed E-state index contributed by atoms with van der Waals surface area (Å²) in [5.74, 6) is 1.70. The number of carbonyl (C=O) groups excluding carboxylic acids is 1. The van der Waals surface area contributed by atoms with E-state index >= 15 is 0 Å². The largest absolute Gasteiger partial charge is 0.388 e. The van der Waals surface area contributed by atoms with Gasteiger partial charge in [0.05, 0.1) is 5.60 Å². The highest BCUT2D eigenvalue weighted by molar-refractivity contribution is 5.76. The van der Waals surface area contributed by atoms with Crippen LogP contribution in [0.15, 0.2) is 4.52 Å². The van der Waals surface area contributed by atoms with Gasteiger partial charge in [0.2, 0.25) is 11.8 Å². The predicted molar refractivity (Wildman–Crippen MR) is 82.3 cm³/mol. The fourth-order valence-corrected chi connectivity index (χ4v) is 2.51. The molecular weight excluding hydrogens is 282 g/mol. The minimum absolute atomic E-state index is 0.0812. The molecule has 1 saturated carbocycles. The van der Waals surface area contributed by atoms with Gasteiger partial charge in [-0.3, -0.25) is 4.79 Å². The van der Waals surface area contributed by atoms with Gasteiger partial charge in [0, 0.05) is 25.3 Å². The third kappa shape index (κ3) is 4.53. The molecule has 6 heteroatoms. The highest BCUT2D eigenvalue weighted by Crippen LogP contribution is 2.32. The third-order valence-corrected chi connectivity index (χ3v) is 4.66. The summed E-state index contributed by atoms with van der Waals surface area (Å²) in [7, 11) is 0. The first-order valence-electron chi connectivity index (χ1n) is 8.20. The molecule has 1 aromatic rings. The Balaban J connectivity index is 1.74. The maximum Gasteiger partial charge on any atom is 0.227 e. The fourth-order valence-electron chi connectivity index (χ4n) is 2.51. The zero-order chi connectivity index (χ0) is 16.2. The summed E-state index contributed by atoms with van der Waals surface area (Å²) in [6, 6.07) is 0. The average molecular weight is 309 g/mol. The van der Waals surface area contributed by atoms with E-state index < -0.39 is 5.60 Å². The first-order valence-corrected chi connectivity index (χ1v) is 8.20. The van der Waals surface area contributed by atoms with Crippen LogP contribution in [-0.4, -0.2) is 33.3 Å². The predicted octanol–water partition coefficient (Wildman–Crippen LogP) is 2.18. The molecule has 124 valence electrons. The van der Waals surface area contributed by atoms with Crippen LogP contribution in [0.3, 0.4) is 0 Å². The highest BCUT2D eigenvalue weighted by atomic mass is 16.5. The lowest BCUT2D eigenvalue weighted by Crippen LogP contribution is -2.44. The average Bonchev–Trinajstić information content (AvgIpc) is 3.13. The van der Waals surface area contributed by atoms with Gasteiger partial charge in [-0.2, -0.15) is 4.98 Å². The van der Waals surface area contributed by atoms with Crippen LogP contribution in [0.4, 0.5) is 0 Å². The number of nitrogens with zero attached hydrogens (tertiary/aromatic N) is 2. The number of aryl methyl sites for hydroxylation is 1. The molecule has 22 heavy (non-hydrogen) atoms. The Hall–Kier alpha value is -1.43. The molecule has 0 aliphatic heterocycles. The molecule has 1 heterocycles. The van der Waals surface area contributed by atoms with Crippen molar-refractivity contribution in [1.82, 2.24) is 15.5 Å². The Kier molecular flexibility index (Phi) is 5.56. The van der Waals surface area contributed by atoms with Gasteiger partial charge in [0.1, 0.15) is 0 Å². The SMILES string of the molecule is CC(C)C(C)(O)CNC(=O)CCc1nc(C2CCCC2)no1. The van der Waals surface area contributed by atoms with Gasteiger partial charge in [-0.25, -0.2) is 0 Å². The smallest absolute Gasteiger partial charge is 0.227 e. The van der Waals surface area contributed by atoms with Crippen LogP contribution in [0.5, 0.6) is 0 Å². The summed E-state index contributed by atoms with van der Waals surface area (Å²) >= 11 is 0. The summed E-state index contributed by atoms with van der Waals surface area (Å²) < 4.78 is 5.22. The fraction of sp³-hybridized carbons (Fsp3) is 0.812. The lowest BCUT2D eigenvalue weighted by molar-refractivity contribution is -0.122. The molecule has 1 atom stereocenters. The molecule has 1 aliphatic carbocycles. The molecule has 0 bridgehead atoms. The molecule has 2 N–H and O–H groups in total. The van der Waals surface area contributed by atoms with Gasteiger partial charge < -0.3 is 14.9 Å². The minimum Gasteiger partial charge on any atom is -0.388 e.